The molecule has 1 nitrogen and oxygen atoms in total. The van der Waals surface area contributed by atoms with Crippen molar-refractivity contribution in [3.8, 4) is 0 Å². The predicted octanol–water partition coefficient (Wildman–Crippen LogP) is 1.10. The zero-order valence-corrected chi connectivity index (χ0v) is 4.99. The van der Waals surface area contributed by atoms with E-state index in [-0.39, 0.29) is 0 Å². The maximum Gasteiger partial charge on any atom is 0.0351 e. The summed E-state index contributed by atoms with van der Waals surface area (Å²) < 4.78 is 0. The Kier molecular flexibility index (Phi) is 1.55. The molecule has 0 heterocycles. The van der Waals surface area contributed by atoms with Crippen LogP contribution in [0.1, 0.15) is 19.3 Å². The lowest BCUT2D eigenvalue weighted by Crippen LogP contribution is -2.14. The third kappa shape index (κ3) is 1.32. The summed E-state index contributed by atoms with van der Waals surface area (Å²) in [5.41, 5.74) is 5.54. The first-order valence-electron chi connectivity index (χ1n) is 2.68. The smallest absolute Gasteiger partial charge is 0.0351 e. The molecule has 0 amide bonds. The summed E-state index contributed by atoms with van der Waals surface area (Å²) in [7, 11) is 0. The summed E-state index contributed by atoms with van der Waals surface area (Å²) in [4.78, 5) is 0. The van der Waals surface area contributed by atoms with E-state index in [9.17, 15) is 0 Å². The van der Waals surface area contributed by atoms with Crippen LogP contribution in [-0.4, -0.2) is 11.4 Å². The molecule has 0 aromatic carbocycles. The van der Waals surface area contributed by atoms with Gasteiger partial charge in [-0.3, -0.25) is 0 Å². The van der Waals surface area contributed by atoms with E-state index in [1.54, 1.807) is 0 Å². The molecule has 0 aromatic heterocycles. The number of alkyl halides is 1. The van der Waals surface area contributed by atoms with Crippen LogP contribution in [0.15, 0.2) is 0 Å². The Hall–Kier alpha value is 0.250. The summed E-state index contributed by atoms with van der Waals surface area (Å²) in [6, 6.07) is 0.391. The minimum Gasteiger partial charge on any atom is -0.328 e. The number of halogens is 1. The molecule has 42 valence electrons. The van der Waals surface area contributed by atoms with E-state index >= 15 is 0 Å². The average molecular weight is 120 g/mol. The fourth-order valence-electron chi connectivity index (χ4n) is 0.959. The van der Waals surface area contributed by atoms with E-state index in [0.29, 0.717) is 11.4 Å². The van der Waals surface area contributed by atoms with Crippen molar-refractivity contribution in [3.63, 3.8) is 0 Å². The predicted molar refractivity (Wildman–Crippen MR) is 31.5 cm³/mol. The average Bonchev–Trinajstić information content (AvgIpc) is 1.87. The van der Waals surface area contributed by atoms with Gasteiger partial charge in [0.25, 0.3) is 0 Å². The van der Waals surface area contributed by atoms with Gasteiger partial charge in [-0.05, 0) is 19.3 Å². The topological polar surface area (TPSA) is 26.0 Å². The zero-order valence-electron chi connectivity index (χ0n) is 4.23. The van der Waals surface area contributed by atoms with Crippen molar-refractivity contribution in [2.45, 2.75) is 30.7 Å². The van der Waals surface area contributed by atoms with E-state index in [2.05, 4.69) is 0 Å². The molecule has 1 aliphatic rings. The van der Waals surface area contributed by atoms with E-state index in [1.807, 2.05) is 0 Å². The normalized spacial score (nSPS) is 42.0. The Bertz CT molecular complexity index is 57.1. The van der Waals surface area contributed by atoms with Gasteiger partial charge in [-0.2, -0.15) is 0 Å². The molecule has 0 aromatic rings. The Morgan fingerprint density at radius 1 is 1.43 bits per heavy atom. The van der Waals surface area contributed by atoms with Gasteiger partial charge in [-0.25, -0.2) is 0 Å². The van der Waals surface area contributed by atoms with Gasteiger partial charge in [0.15, 0.2) is 0 Å². The second kappa shape index (κ2) is 2.01. The summed E-state index contributed by atoms with van der Waals surface area (Å²) in [6.07, 6.45) is 3.25. The van der Waals surface area contributed by atoms with Gasteiger partial charge in [-0.1, -0.05) is 0 Å². The molecule has 0 saturated heterocycles. The molecule has 0 spiro atoms. The van der Waals surface area contributed by atoms with Crippen LogP contribution in [0, 0.1) is 0 Å². The van der Waals surface area contributed by atoms with Gasteiger partial charge in [0.1, 0.15) is 0 Å². The molecule has 1 saturated carbocycles. The second-order valence-electron chi connectivity index (χ2n) is 2.17. The van der Waals surface area contributed by atoms with Gasteiger partial charge in [0, 0.05) is 11.4 Å². The van der Waals surface area contributed by atoms with Crippen molar-refractivity contribution in [3.05, 3.63) is 0 Å². The van der Waals surface area contributed by atoms with Crippen LogP contribution in [0.3, 0.4) is 0 Å². The van der Waals surface area contributed by atoms with Crippen molar-refractivity contribution < 1.29 is 0 Å². The first kappa shape index (κ1) is 5.39. The third-order valence-electron chi connectivity index (χ3n) is 1.41. The lowest BCUT2D eigenvalue weighted by atomic mass is 10.3. The van der Waals surface area contributed by atoms with E-state index < -0.39 is 0 Å². The molecule has 1 aliphatic carbocycles. The van der Waals surface area contributed by atoms with E-state index in [0.717, 1.165) is 19.3 Å². The fourth-order valence-corrected chi connectivity index (χ4v) is 1.31. The summed E-state index contributed by atoms with van der Waals surface area (Å²) in [5, 5.41) is 0.370. The number of nitrogens with two attached hydrogens (primary N) is 1. The SMILES string of the molecule is N[C@@H]1CC[C@@H](Cl)C1. The molecule has 2 atom stereocenters. The Morgan fingerprint density at radius 2 is 2.14 bits per heavy atom. The lowest BCUT2D eigenvalue weighted by Gasteiger charge is -1.95. The van der Waals surface area contributed by atoms with Gasteiger partial charge < -0.3 is 5.73 Å². The molecule has 2 heteroatoms. The van der Waals surface area contributed by atoms with Crippen molar-refractivity contribution in [2.24, 2.45) is 5.73 Å². The molecule has 0 unspecified atom stereocenters. The van der Waals surface area contributed by atoms with Gasteiger partial charge in [0.05, 0.1) is 0 Å². The summed E-state index contributed by atoms with van der Waals surface area (Å²) in [5.74, 6) is 0. The van der Waals surface area contributed by atoms with Gasteiger partial charge in [-0.15, -0.1) is 11.6 Å². The van der Waals surface area contributed by atoms with Crippen LogP contribution in [0.5, 0.6) is 0 Å². The van der Waals surface area contributed by atoms with E-state index in [4.69, 9.17) is 17.3 Å². The lowest BCUT2D eigenvalue weighted by molar-refractivity contribution is 0.705. The number of hydrogen-bond acceptors (Lipinski definition) is 1. The van der Waals surface area contributed by atoms with Crippen LogP contribution >= 0.6 is 11.6 Å². The monoisotopic (exact) mass is 119 g/mol. The minimum atomic E-state index is 0.370. The number of hydrogen-bond donors (Lipinski definition) is 1. The first-order chi connectivity index (χ1) is 3.29. The van der Waals surface area contributed by atoms with Crippen molar-refractivity contribution in [2.75, 3.05) is 0 Å². The Morgan fingerprint density at radius 3 is 2.29 bits per heavy atom. The molecular formula is C5H10ClN. The second-order valence-corrected chi connectivity index (χ2v) is 2.79. The highest BCUT2D eigenvalue weighted by molar-refractivity contribution is 6.20. The first-order valence-corrected chi connectivity index (χ1v) is 3.12. The van der Waals surface area contributed by atoms with Crippen molar-refractivity contribution in [1.82, 2.24) is 0 Å². The Balaban J connectivity index is 2.26. The molecular weight excluding hydrogens is 110 g/mol. The zero-order chi connectivity index (χ0) is 5.28. The van der Waals surface area contributed by atoms with Crippen LogP contribution in [0.25, 0.3) is 0 Å². The highest BCUT2D eigenvalue weighted by Gasteiger charge is 2.18. The summed E-state index contributed by atoms with van der Waals surface area (Å²) >= 11 is 5.73. The molecule has 7 heavy (non-hydrogen) atoms. The molecule has 1 rings (SSSR count). The highest BCUT2D eigenvalue weighted by Crippen LogP contribution is 2.21. The van der Waals surface area contributed by atoms with Crippen molar-refractivity contribution in [1.29, 1.82) is 0 Å². The Labute approximate surface area is 48.8 Å². The largest absolute Gasteiger partial charge is 0.328 e. The highest BCUT2D eigenvalue weighted by atomic mass is 35.5. The van der Waals surface area contributed by atoms with Crippen LogP contribution < -0.4 is 5.73 Å². The standard InChI is InChI=1S/C5H10ClN/c6-4-1-2-5(7)3-4/h4-5H,1-3,7H2/t4-,5-/m1/s1. The summed E-state index contributed by atoms with van der Waals surface area (Å²) in [6.45, 7) is 0. The van der Waals surface area contributed by atoms with Gasteiger partial charge >= 0.3 is 0 Å². The van der Waals surface area contributed by atoms with Gasteiger partial charge in [0.2, 0.25) is 0 Å². The number of rotatable bonds is 0. The van der Waals surface area contributed by atoms with Crippen molar-refractivity contribution >= 4 is 11.6 Å². The molecule has 2 N–H and O–H groups in total. The molecule has 0 aliphatic heterocycles. The maximum absolute atomic E-state index is 5.73. The third-order valence-corrected chi connectivity index (χ3v) is 1.81. The van der Waals surface area contributed by atoms with Crippen LogP contribution in [0.2, 0.25) is 0 Å². The fraction of sp³-hybridized carbons (Fsp3) is 1.00. The van der Waals surface area contributed by atoms with Crippen LogP contribution in [-0.2, 0) is 0 Å². The molecule has 1 fully saturated rings. The maximum atomic E-state index is 5.73. The molecule has 0 bridgehead atoms. The van der Waals surface area contributed by atoms with Crippen LogP contribution in [0.4, 0.5) is 0 Å². The molecule has 0 radical (unpaired) electrons. The quantitative estimate of drug-likeness (QED) is 0.475. The minimum absolute atomic E-state index is 0.370. The van der Waals surface area contributed by atoms with E-state index in [1.165, 1.54) is 0 Å².